The fourth-order valence-electron chi connectivity index (χ4n) is 2.58. The minimum Gasteiger partial charge on any atom is -0.469 e. The molecule has 0 radical (unpaired) electrons. The Hall–Kier alpha value is -0.610. The van der Waals surface area contributed by atoms with Gasteiger partial charge in [0.2, 0.25) is 0 Å². The average molecular weight is 230 g/mol. The van der Waals surface area contributed by atoms with Crippen LogP contribution in [-0.2, 0) is 19.0 Å². The number of esters is 1. The molecule has 0 heterocycles. The first-order valence-corrected chi connectivity index (χ1v) is 5.73. The normalized spacial score (nSPS) is 20.7. The van der Waals surface area contributed by atoms with Gasteiger partial charge >= 0.3 is 5.97 Å². The quantitative estimate of drug-likeness (QED) is 0.673. The molecular weight excluding hydrogens is 208 g/mol. The number of methoxy groups -OCH3 is 3. The number of carbonyl (C=O) groups excluding carboxylic acids is 1. The van der Waals surface area contributed by atoms with Crippen LogP contribution in [0.5, 0.6) is 0 Å². The van der Waals surface area contributed by atoms with Gasteiger partial charge in [0.15, 0.2) is 0 Å². The smallest absolute Gasteiger partial charge is 0.308 e. The highest BCUT2D eigenvalue weighted by molar-refractivity contribution is 5.72. The van der Waals surface area contributed by atoms with Gasteiger partial charge in [-0.1, -0.05) is 0 Å². The molecule has 0 aromatic carbocycles. The first kappa shape index (κ1) is 13.5. The molecule has 1 aliphatic rings. The van der Waals surface area contributed by atoms with Crippen LogP contribution in [0.4, 0.5) is 0 Å². The molecule has 4 nitrogen and oxygen atoms in total. The van der Waals surface area contributed by atoms with E-state index >= 15 is 0 Å². The van der Waals surface area contributed by atoms with Gasteiger partial charge in [0.1, 0.15) is 0 Å². The van der Waals surface area contributed by atoms with Crippen molar-refractivity contribution in [2.24, 2.45) is 11.3 Å². The lowest BCUT2D eigenvalue weighted by Crippen LogP contribution is -2.37. The van der Waals surface area contributed by atoms with Crippen molar-refractivity contribution in [1.82, 2.24) is 0 Å². The molecule has 0 amide bonds. The van der Waals surface area contributed by atoms with Gasteiger partial charge in [-0.05, 0) is 25.7 Å². The molecule has 0 bridgehead atoms. The molecule has 0 aromatic rings. The fourth-order valence-corrected chi connectivity index (χ4v) is 2.58. The third-order valence-corrected chi connectivity index (χ3v) is 3.48. The predicted molar refractivity (Wildman–Crippen MR) is 60.2 cm³/mol. The van der Waals surface area contributed by atoms with Gasteiger partial charge in [-0.25, -0.2) is 0 Å². The number of hydrogen-bond donors (Lipinski definition) is 0. The van der Waals surface area contributed by atoms with Crippen LogP contribution in [0.1, 0.15) is 25.7 Å². The molecule has 94 valence electrons. The van der Waals surface area contributed by atoms with Crippen LogP contribution in [0.2, 0.25) is 0 Å². The summed E-state index contributed by atoms with van der Waals surface area (Å²) in [4.78, 5) is 11.4. The molecule has 0 atom stereocenters. The molecule has 0 unspecified atom stereocenters. The second-order valence-electron chi connectivity index (χ2n) is 4.66. The fraction of sp³-hybridized carbons (Fsp3) is 0.917. The molecule has 0 aliphatic heterocycles. The van der Waals surface area contributed by atoms with Crippen molar-refractivity contribution in [3.8, 4) is 0 Å². The van der Waals surface area contributed by atoms with Crippen molar-refractivity contribution in [2.75, 3.05) is 34.5 Å². The molecular formula is C12H22O4. The Bertz CT molecular complexity index is 211. The molecule has 1 rings (SSSR count). The Morgan fingerprint density at radius 1 is 1.12 bits per heavy atom. The van der Waals surface area contributed by atoms with E-state index in [2.05, 4.69) is 0 Å². The summed E-state index contributed by atoms with van der Waals surface area (Å²) in [5.41, 5.74) is 0.0913. The third-order valence-electron chi connectivity index (χ3n) is 3.48. The van der Waals surface area contributed by atoms with Crippen molar-refractivity contribution >= 4 is 5.97 Å². The maximum Gasteiger partial charge on any atom is 0.308 e. The Labute approximate surface area is 97.2 Å². The van der Waals surface area contributed by atoms with E-state index in [1.807, 2.05) is 0 Å². The maximum absolute atomic E-state index is 11.4. The van der Waals surface area contributed by atoms with Crippen LogP contribution in [0.3, 0.4) is 0 Å². The van der Waals surface area contributed by atoms with Crippen LogP contribution in [-0.4, -0.2) is 40.5 Å². The van der Waals surface area contributed by atoms with Gasteiger partial charge in [0.05, 0.1) is 26.2 Å². The van der Waals surface area contributed by atoms with Gasteiger partial charge < -0.3 is 14.2 Å². The summed E-state index contributed by atoms with van der Waals surface area (Å²) in [5, 5.41) is 0. The summed E-state index contributed by atoms with van der Waals surface area (Å²) in [6.45, 7) is 1.41. The molecule has 0 saturated heterocycles. The summed E-state index contributed by atoms with van der Waals surface area (Å²) >= 11 is 0. The van der Waals surface area contributed by atoms with Gasteiger partial charge in [-0.3, -0.25) is 4.79 Å². The van der Waals surface area contributed by atoms with Crippen molar-refractivity contribution in [1.29, 1.82) is 0 Å². The van der Waals surface area contributed by atoms with Crippen LogP contribution in [0.15, 0.2) is 0 Å². The monoisotopic (exact) mass is 230 g/mol. The van der Waals surface area contributed by atoms with Crippen LogP contribution >= 0.6 is 0 Å². The van der Waals surface area contributed by atoms with Gasteiger partial charge in [0, 0.05) is 19.6 Å². The second-order valence-corrected chi connectivity index (χ2v) is 4.66. The average Bonchev–Trinajstić information content (AvgIpc) is 2.30. The lowest BCUT2D eigenvalue weighted by Gasteiger charge is -2.38. The molecule has 0 spiro atoms. The Morgan fingerprint density at radius 2 is 1.62 bits per heavy atom. The number of ether oxygens (including phenoxy) is 3. The zero-order valence-corrected chi connectivity index (χ0v) is 10.5. The summed E-state index contributed by atoms with van der Waals surface area (Å²) in [6, 6.07) is 0. The van der Waals surface area contributed by atoms with Crippen molar-refractivity contribution < 1.29 is 19.0 Å². The van der Waals surface area contributed by atoms with Crippen LogP contribution in [0, 0.1) is 11.3 Å². The van der Waals surface area contributed by atoms with Crippen LogP contribution in [0.25, 0.3) is 0 Å². The highest BCUT2D eigenvalue weighted by Gasteiger charge is 2.37. The zero-order chi connectivity index (χ0) is 12.0. The molecule has 1 saturated carbocycles. The zero-order valence-electron chi connectivity index (χ0n) is 10.5. The van der Waals surface area contributed by atoms with E-state index in [4.69, 9.17) is 14.2 Å². The summed E-state index contributed by atoms with van der Waals surface area (Å²) in [6.07, 6.45) is 3.68. The number of hydrogen-bond acceptors (Lipinski definition) is 4. The minimum absolute atomic E-state index is 0.0619. The Kier molecular flexibility index (Phi) is 5.22. The van der Waals surface area contributed by atoms with Gasteiger partial charge in [0.25, 0.3) is 0 Å². The first-order valence-electron chi connectivity index (χ1n) is 5.73. The van der Waals surface area contributed by atoms with Crippen molar-refractivity contribution in [3.05, 3.63) is 0 Å². The summed E-state index contributed by atoms with van der Waals surface area (Å²) in [5.74, 6) is -0.0183. The lowest BCUT2D eigenvalue weighted by molar-refractivity contribution is -0.148. The van der Waals surface area contributed by atoms with E-state index in [1.54, 1.807) is 14.2 Å². The third kappa shape index (κ3) is 3.19. The Balaban J connectivity index is 2.51. The second kappa shape index (κ2) is 6.21. The molecule has 0 aromatic heterocycles. The van der Waals surface area contributed by atoms with E-state index < -0.39 is 0 Å². The Morgan fingerprint density at radius 3 is 2.00 bits per heavy atom. The van der Waals surface area contributed by atoms with Crippen molar-refractivity contribution in [3.63, 3.8) is 0 Å². The van der Waals surface area contributed by atoms with E-state index in [1.165, 1.54) is 7.11 Å². The van der Waals surface area contributed by atoms with Gasteiger partial charge in [-0.15, -0.1) is 0 Å². The largest absolute Gasteiger partial charge is 0.469 e. The molecule has 4 heteroatoms. The summed E-state index contributed by atoms with van der Waals surface area (Å²) < 4.78 is 15.3. The van der Waals surface area contributed by atoms with Gasteiger partial charge in [-0.2, -0.15) is 0 Å². The molecule has 0 N–H and O–H groups in total. The van der Waals surface area contributed by atoms with Crippen molar-refractivity contribution in [2.45, 2.75) is 25.7 Å². The molecule has 1 aliphatic carbocycles. The molecule has 16 heavy (non-hydrogen) atoms. The highest BCUT2D eigenvalue weighted by Crippen LogP contribution is 2.39. The van der Waals surface area contributed by atoms with E-state index in [9.17, 15) is 4.79 Å². The minimum atomic E-state index is -0.0802. The standard InChI is InChI=1S/C12H22O4/c1-14-8-12(9-15-2)6-4-10(5-7-12)11(13)16-3/h10H,4-9H2,1-3H3. The summed E-state index contributed by atoms with van der Waals surface area (Å²) in [7, 11) is 4.88. The topological polar surface area (TPSA) is 44.8 Å². The predicted octanol–water partition coefficient (Wildman–Crippen LogP) is 1.63. The van der Waals surface area contributed by atoms with E-state index in [0.29, 0.717) is 13.2 Å². The highest BCUT2D eigenvalue weighted by atomic mass is 16.5. The number of carbonyl (C=O) groups is 1. The maximum atomic E-state index is 11.4. The first-order chi connectivity index (χ1) is 7.67. The molecule has 1 fully saturated rings. The van der Waals surface area contributed by atoms with E-state index in [0.717, 1.165) is 25.7 Å². The SMILES string of the molecule is COCC1(COC)CCC(C(=O)OC)CC1. The van der Waals surface area contributed by atoms with Crippen LogP contribution < -0.4 is 0 Å². The van der Waals surface area contributed by atoms with E-state index in [-0.39, 0.29) is 17.3 Å². The lowest BCUT2D eigenvalue weighted by atomic mass is 9.71. The number of rotatable bonds is 5.